The average Bonchev–Trinajstić information content (AvgIpc) is 2.62. The second-order valence-electron chi connectivity index (χ2n) is 5.14. The predicted octanol–water partition coefficient (Wildman–Crippen LogP) is 2.09. The zero-order valence-corrected chi connectivity index (χ0v) is 10.2. The van der Waals surface area contributed by atoms with Crippen LogP contribution in [0.15, 0.2) is 0 Å². The maximum Gasteiger partial charge on any atom is 0.0135 e. The Morgan fingerprint density at radius 1 is 1.29 bits per heavy atom. The van der Waals surface area contributed by atoms with Gasteiger partial charge in [-0.3, -0.25) is 0 Å². The highest BCUT2D eigenvalue weighted by Gasteiger charge is 2.31. The molecule has 0 heterocycles. The fourth-order valence-electron chi connectivity index (χ4n) is 2.60. The van der Waals surface area contributed by atoms with Crippen molar-refractivity contribution in [1.82, 2.24) is 4.90 Å². The molecule has 3 unspecified atom stereocenters. The molecule has 0 radical (unpaired) electrons. The lowest BCUT2D eigenvalue weighted by Gasteiger charge is -2.36. The topological polar surface area (TPSA) is 29.3 Å². The first kappa shape index (κ1) is 12.0. The summed E-state index contributed by atoms with van der Waals surface area (Å²) in [5, 5.41) is 0. The lowest BCUT2D eigenvalue weighted by molar-refractivity contribution is 0.122. The summed E-state index contributed by atoms with van der Waals surface area (Å²) < 4.78 is 0. The molecule has 2 N–H and O–H groups in total. The summed E-state index contributed by atoms with van der Waals surface area (Å²) in [6.45, 7) is 7.79. The molecule has 84 valence electrons. The Hall–Kier alpha value is -0.0800. The van der Waals surface area contributed by atoms with Crippen molar-refractivity contribution in [1.29, 1.82) is 0 Å². The normalized spacial score (nSPS) is 30.2. The Morgan fingerprint density at radius 3 is 2.43 bits per heavy atom. The summed E-state index contributed by atoms with van der Waals surface area (Å²) in [5.41, 5.74) is 5.81. The Labute approximate surface area is 88.8 Å². The number of hydrogen-bond acceptors (Lipinski definition) is 2. The molecule has 14 heavy (non-hydrogen) atoms. The smallest absolute Gasteiger partial charge is 0.0135 e. The Balaban J connectivity index is 2.54. The predicted molar refractivity (Wildman–Crippen MR) is 62.2 cm³/mol. The van der Waals surface area contributed by atoms with E-state index in [0.29, 0.717) is 6.04 Å². The molecule has 0 aliphatic heterocycles. The van der Waals surface area contributed by atoms with Crippen LogP contribution in [0.4, 0.5) is 0 Å². The molecule has 0 aromatic carbocycles. The van der Waals surface area contributed by atoms with E-state index in [1.54, 1.807) is 0 Å². The van der Waals surface area contributed by atoms with E-state index in [1.165, 1.54) is 19.3 Å². The van der Waals surface area contributed by atoms with Crippen LogP contribution in [0.3, 0.4) is 0 Å². The molecule has 0 aromatic rings. The van der Waals surface area contributed by atoms with E-state index in [-0.39, 0.29) is 0 Å². The molecule has 0 aromatic heterocycles. The molecular formula is C12H26N2. The lowest BCUT2D eigenvalue weighted by Crippen LogP contribution is -2.44. The van der Waals surface area contributed by atoms with Gasteiger partial charge in [-0.15, -0.1) is 0 Å². The van der Waals surface area contributed by atoms with Gasteiger partial charge in [0.05, 0.1) is 0 Å². The Morgan fingerprint density at radius 2 is 1.93 bits per heavy atom. The summed E-state index contributed by atoms with van der Waals surface area (Å²) in [5.74, 6) is 1.47. The van der Waals surface area contributed by atoms with Gasteiger partial charge in [0.2, 0.25) is 0 Å². The molecule has 1 aliphatic carbocycles. The van der Waals surface area contributed by atoms with Crippen molar-refractivity contribution >= 4 is 0 Å². The molecule has 1 rings (SSSR count). The van der Waals surface area contributed by atoms with Crippen LogP contribution in [0.5, 0.6) is 0 Å². The summed E-state index contributed by atoms with van der Waals surface area (Å²) in [4.78, 5) is 2.55. The van der Waals surface area contributed by atoms with Gasteiger partial charge in [0, 0.05) is 12.1 Å². The third-order valence-corrected chi connectivity index (χ3v) is 4.05. The van der Waals surface area contributed by atoms with Crippen molar-refractivity contribution in [3.8, 4) is 0 Å². The van der Waals surface area contributed by atoms with Crippen LogP contribution in [0.2, 0.25) is 0 Å². The maximum atomic E-state index is 5.81. The van der Waals surface area contributed by atoms with Gasteiger partial charge in [-0.25, -0.2) is 0 Å². The van der Waals surface area contributed by atoms with Crippen molar-refractivity contribution in [3.63, 3.8) is 0 Å². The summed E-state index contributed by atoms with van der Waals surface area (Å²) in [6, 6.07) is 1.41. The molecule has 0 saturated heterocycles. The minimum Gasteiger partial charge on any atom is -0.330 e. The standard InChI is InChI=1S/C12H26N2/c1-9(2)10(3)14(4)12-7-5-6-11(12)8-13/h9-12H,5-8,13H2,1-4H3. The molecule has 0 spiro atoms. The Kier molecular flexibility index (Phi) is 4.39. The molecule has 1 aliphatic rings. The first-order valence-electron chi connectivity index (χ1n) is 6.00. The van der Waals surface area contributed by atoms with Crippen LogP contribution in [0.1, 0.15) is 40.0 Å². The molecule has 3 atom stereocenters. The quantitative estimate of drug-likeness (QED) is 0.749. The largest absolute Gasteiger partial charge is 0.330 e. The minimum absolute atomic E-state index is 0.673. The fraction of sp³-hybridized carbons (Fsp3) is 1.00. The van der Waals surface area contributed by atoms with Crippen LogP contribution in [0, 0.1) is 11.8 Å². The molecule has 2 nitrogen and oxygen atoms in total. The van der Waals surface area contributed by atoms with Gasteiger partial charge >= 0.3 is 0 Å². The van der Waals surface area contributed by atoms with E-state index < -0.39 is 0 Å². The monoisotopic (exact) mass is 198 g/mol. The van der Waals surface area contributed by atoms with E-state index in [1.807, 2.05) is 0 Å². The third kappa shape index (κ3) is 2.48. The van der Waals surface area contributed by atoms with Gasteiger partial charge in [-0.05, 0) is 45.2 Å². The van der Waals surface area contributed by atoms with Gasteiger partial charge in [0.15, 0.2) is 0 Å². The average molecular weight is 198 g/mol. The fourth-order valence-corrected chi connectivity index (χ4v) is 2.60. The van der Waals surface area contributed by atoms with Crippen LogP contribution >= 0.6 is 0 Å². The minimum atomic E-state index is 0.673. The summed E-state index contributed by atoms with van der Waals surface area (Å²) in [6.07, 6.45) is 4.04. The van der Waals surface area contributed by atoms with Crippen LogP contribution in [0.25, 0.3) is 0 Å². The molecule has 1 saturated carbocycles. The molecule has 0 amide bonds. The van der Waals surface area contributed by atoms with Gasteiger partial charge < -0.3 is 10.6 Å². The highest BCUT2D eigenvalue weighted by atomic mass is 15.2. The third-order valence-electron chi connectivity index (χ3n) is 4.05. The van der Waals surface area contributed by atoms with Crippen molar-refractivity contribution in [2.45, 2.75) is 52.1 Å². The Bertz CT molecular complexity index is 168. The van der Waals surface area contributed by atoms with E-state index >= 15 is 0 Å². The summed E-state index contributed by atoms with van der Waals surface area (Å²) >= 11 is 0. The van der Waals surface area contributed by atoms with Crippen molar-refractivity contribution in [2.75, 3.05) is 13.6 Å². The molecule has 1 fully saturated rings. The number of nitrogens with two attached hydrogens (primary N) is 1. The zero-order chi connectivity index (χ0) is 10.7. The van der Waals surface area contributed by atoms with E-state index in [2.05, 4.69) is 32.7 Å². The van der Waals surface area contributed by atoms with Crippen LogP contribution in [-0.2, 0) is 0 Å². The highest BCUT2D eigenvalue weighted by molar-refractivity contribution is 4.87. The van der Waals surface area contributed by atoms with Gasteiger partial charge in [-0.1, -0.05) is 20.3 Å². The van der Waals surface area contributed by atoms with Crippen molar-refractivity contribution < 1.29 is 0 Å². The van der Waals surface area contributed by atoms with Crippen LogP contribution < -0.4 is 5.73 Å². The highest BCUT2D eigenvalue weighted by Crippen LogP contribution is 2.30. The van der Waals surface area contributed by atoms with E-state index in [9.17, 15) is 0 Å². The molecular weight excluding hydrogens is 172 g/mol. The van der Waals surface area contributed by atoms with Crippen molar-refractivity contribution in [3.05, 3.63) is 0 Å². The van der Waals surface area contributed by atoms with Crippen LogP contribution in [-0.4, -0.2) is 30.6 Å². The van der Waals surface area contributed by atoms with E-state index in [0.717, 1.165) is 24.4 Å². The number of rotatable bonds is 4. The molecule has 0 bridgehead atoms. The van der Waals surface area contributed by atoms with E-state index in [4.69, 9.17) is 5.73 Å². The lowest BCUT2D eigenvalue weighted by atomic mass is 9.97. The SMILES string of the molecule is CC(C)C(C)N(C)C1CCCC1CN. The second-order valence-corrected chi connectivity index (χ2v) is 5.14. The second kappa shape index (κ2) is 5.13. The zero-order valence-electron chi connectivity index (χ0n) is 10.2. The summed E-state index contributed by atoms with van der Waals surface area (Å²) in [7, 11) is 2.27. The number of hydrogen-bond donors (Lipinski definition) is 1. The number of nitrogens with zero attached hydrogens (tertiary/aromatic N) is 1. The van der Waals surface area contributed by atoms with Crippen molar-refractivity contribution in [2.24, 2.45) is 17.6 Å². The first-order valence-corrected chi connectivity index (χ1v) is 6.00. The van der Waals surface area contributed by atoms with Gasteiger partial charge in [-0.2, -0.15) is 0 Å². The first-order chi connectivity index (χ1) is 6.57. The molecule has 2 heteroatoms. The maximum absolute atomic E-state index is 5.81. The van der Waals surface area contributed by atoms with Gasteiger partial charge in [0.25, 0.3) is 0 Å². The van der Waals surface area contributed by atoms with Gasteiger partial charge in [0.1, 0.15) is 0 Å².